The van der Waals surface area contributed by atoms with Crippen LogP contribution in [0.25, 0.3) is 0 Å². The van der Waals surface area contributed by atoms with Crippen LogP contribution in [-0.2, 0) is 4.74 Å². The molecule has 4 rings (SSSR count). The molecule has 3 aliphatic carbocycles. The van der Waals surface area contributed by atoms with E-state index in [1.807, 2.05) is 0 Å². The largest absolute Gasteiger partial charge is 0.462 e. The Balaban J connectivity index is 1.15. The Morgan fingerprint density at radius 3 is 2.03 bits per heavy atom. The van der Waals surface area contributed by atoms with E-state index in [2.05, 4.69) is 6.92 Å². The maximum absolute atomic E-state index is 14.7. The molecule has 0 unspecified atom stereocenters. The number of benzene rings is 1. The second-order valence-electron chi connectivity index (χ2n) is 11.5. The number of allylic oxidation sites excluding steroid dienone is 1. The number of hydrogen-bond acceptors (Lipinski definition) is 2. The van der Waals surface area contributed by atoms with Gasteiger partial charge in [0.1, 0.15) is 0 Å². The van der Waals surface area contributed by atoms with Gasteiger partial charge in [0, 0.05) is 6.61 Å². The first-order chi connectivity index (χ1) is 17.1. The number of rotatable bonds is 9. The van der Waals surface area contributed by atoms with E-state index in [9.17, 15) is 8.78 Å². The zero-order valence-electron chi connectivity index (χ0n) is 22.0. The molecule has 0 aliphatic heterocycles. The quantitative estimate of drug-likeness (QED) is 0.322. The van der Waals surface area contributed by atoms with E-state index in [4.69, 9.17) is 9.47 Å². The fraction of sp³-hybridized carbons (Fsp3) is 0.742. The van der Waals surface area contributed by atoms with Crippen LogP contribution in [0.2, 0.25) is 0 Å². The van der Waals surface area contributed by atoms with E-state index >= 15 is 0 Å². The van der Waals surface area contributed by atoms with Crippen LogP contribution in [0, 0.1) is 35.3 Å². The van der Waals surface area contributed by atoms with Gasteiger partial charge < -0.3 is 9.47 Å². The molecular weight excluding hydrogens is 442 g/mol. The second kappa shape index (κ2) is 13.2. The molecule has 0 amide bonds. The normalized spacial score (nSPS) is 32.1. The summed E-state index contributed by atoms with van der Waals surface area (Å²) in [5.74, 6) is 2.00. The third kappa shape index (κ3) is 7.08. The average molecular weight is 489 g/mol. The highest BCUT2D eigenvalue weighted by Gasteiger charge is 2.32. The SMILES string of the molecule is C/C=C/Oc1ccc(C2CCC(OCC3CCC(C4CCC(CCC)CC4)CC3)CC2)c(F)c1F. The van der Waals surface area contributed by atoms with Crippen molar-refractivity contribution in [2.75, 3.05) is 6.61 Å². The molecule has 4 heteroatoms. The molecule has 3 saturated carbocycles. The highest BCUT2D eigenvalue weighted by Crippen LogP contribution is 2.43. The molecule has 2 nitrogen and oxygen atoms in total. The molecule has 3 aliphatic rings. The van der Waals surface area contributed by atoms with Crippen molar-refractivity contribution in [3.8, 4) is 5.75 Å². The Morgan fingerprint density at radius 1 is 0.800 bits per heavy atom. The van der Waals surface area contributed by atoms with E-state index in [-0.39, 0.29) is 17.8 Å². The second-order valence-corrected chi connectivity index (χ2v) is 11.5. The van der Waals surface area contributed by atoms with Crippen LogP contribution >= 0.6 is 0 Å². The summed E-state index contributed by atoms with van der Waals surface area (Å²) in [7, 11) is 0. The van der Waals surface area contributed by atoms with Gasteiger partial charge in [-0.1, -0.05) is 44.7 Å². The first-order valence-corrected chi connectivity index (χ1v) is 14.5. The van der Waals surface area contributed by atoms with Crippen molar-refractivity contribution >= 4 is 0 Å². The lowest BCUT2D eigenvalue weighted by atomic mass is 9.69. The summed E-state index contributed by atoms with van der Waals surface area (Å²) < 4.78 is 40.6. The van der Waals surface area contributed by atoms with E-state index in [0.29, 0.717) is 11.5 Å². The van der Waals surface area contributed by atoms with Crippen LogP contribution < -0.4 is 4.74 Å². The maximum atomic E-state index is 14.7. The lowest BCUT2D eigenvalue weighted by molar-refractivity contribution is -0.00790. The topological polar surface area (TPSA) is 18.5 Å². The molecule has 196 valence electrons. The van der Waals surface area contributed by atoms with Crippen molar-refractivity contribution in [3.05, 3.63) is 41.7 Å². The van der Waals surface area contributed by atoms with Crippen molar-refractivity contribution in [3.63, 3.8) is 0 Å². The van der Waals surface area contributed by atoms with Crippen LogP contribution in [0.1, 0.15) is 115 Å². The first-order valence-electron chi connectivity index (χ1n) is 14.5. The van der Waals surface area contributed by atoms with Gasteiger partial charge >= 0.3 is 0 Å². The smallest absolute Gasteiger partial charge is 0.201 e. The summed E-state index contributed by atoms with van der Waals surface area (Å²) in [5, 5.41) is 0. The number of halogens is 2. The fourth-order valence-corrected chi connectivity index (χ4v) is 7.09. The third-order valence-electron chi connectivity index (χ3n) is 9.24. The first kappa shape index (κ1) is 26.6. The molecule has 0 bridgehead atoms. The molecule has 3 fully saturated rings. The van der Waals surface area contributed by atoms with Gasteiger partial charge in [-0.3, -0.25) is 0 Å². The van der Waals surface area contributed by atoms with Crippen molar-refractivity contribution in [1.29, 1.82) is 0 Å². The van der Waals surface area contributed by atoms with Crippen molar-refractivity contribution in [1.82, 2.24) is 0 Å². The Labute approximate surface area is 211 Å². The van der Waals surface area contributed by atoms with E-state index in [0.717, 1.165) is 50.0 Å². The molecule has 1 aromatic rings. The number of ether oxygens (including phenoxy) is 2. The minimum absolute atomic E-state index is 0.0553. The fourth-order valence-electron chi connectivity index (χ4n) is 7.09. The van der Waals surface area contributed by atoms with Gasteiger partial charge in [0.05, 0.1) is 12.4 Å². The predicted octanol–water partition coefficient (Wildman–Crippen LogP) is 9.33. The standard InChI is InChI=1S/C31H46F2O2/c1-3-5-22-6-10-24(11-7-22)25-12-8-23(9-13-25)21-35-27-16-14-26(15-17-27)28-18-19-29(34-20-4-2)31(33)30(28)32/h4,18-20,22-27H,3,5-17,21H2,1-2H3/b20-4+. The third-order valence-corrected chi connectivity index (χ3v) is 9.24. The Bertz CT molecular complexity index is 798. The zero-order valence-corrected chi connectivity index (χ0v) is 22.0. The van der Waals surface area contributed by atoms with Crippen LogP contribution in [0.4, 0.5) is 8.78 Å². The summed E-state index contributed by atoms with van der Waals surface area (Å²) in [6.45, 7) is 4.97. The van der Waals surface area contributed by atoms with Crippen LogP contribution in [0.3, 0.4) is 0 Å². The molecule has 0 atom stereocenters. The molecule has 0 radical (unpaired) electrons. The Hall–Kier alpha value is -1.42. The van der Waals surface area contributed by atoms with Gasteiger partial charge in [0.15, 0.2) is 11.6 Å². The molecule has 0 aromatic heterocycles. The minimum Gasteiger partial charge on any atom is -0.462 e. The van der Waals surface area contributed by atoms with Crippen LogP contribution in [-0.4, -0.2) is 12.7 Å². The van der Waals surface area contributed by atoms with E-state index in [1.165, 1.54) is 70.5 Å². The Kier molecular flexibility index (Phi) is 10.1. The van der Waals surface area contributed by atoms with E-state index < -0.39 is 11.6 Å². The molecule has 0 heterocycles. The molecule has 0 saturated heterocycles. The van der Waals surface area contributed by atoms with Gasteiger partial charge in [0.25, 0.3) is 0 Å². The van der Waals surface area contributed by atoms with Crippen molar-refractivity contribution in [2.45, 2.75) is 116 Å². The van der Waals surface area contributed by atoms with Crippen molar-refractivity contribution in [2.24, 2.45) is 23.7 Å². The van der Waals surface area contributed by atoms with Gasteiger partial charge in [-0.05, 0) is 112 Å². The zero-order chi connectivity index (χ0) is 24.6. The van der Waals surface area contributed by atoms with E-state index in [1.54, 1.807) is 25.1 Å². The molecule has 1 aromatic carbocycles. The maximum Gasteiger partial charge on any atom is 0.201 e. The summed E-state index contributed by atoms with van der Waals surface area (Å²) in [6.07, 6.45) is 20.9. The van der Waals surface area contributed by atoms with Crippen LogP contribution in [0.5, 0.6) is 5.75 Å². The number of hydrogen-bond donors (Lipinski definition) is 0. The molecule has 35 heavy (non-hydrogen) atoms. The summed E-state index contributed by atoms with van der Waals surface area (Å²) in [4.78, 5) is 0. The Morgan fingerprint density at radius 2 is 1.43 bits per heavy atom. The molecular formula is C31H46F2O2. The summed E-state index contributed by atoms with van der Waals surface area (Å²) in [6, 6.07) is 3.24. The molecule has 0 spiro atoms. The monoisotopic (exact) mass is 488 g/mol. The lowest BCUT2D eigenvalue weighted by Gasteiger charge is -2.38. The highest BCUT2D eigenvalue weighted by molar-refractivity contribution is 5.33. The predicted molar refractivity (Wildman–Crippen MR) is 139 cm³/mol. The van der Waals surface area contributed by atoms with Gasteiger partial charge in [-0.25, -0.2) is 4.39 Å². The average Bonchev–Trinajstić information content (AvgIpc) is 2.90. The molecule has 0 N–H and O–H groups in total. The van der Waals surface area contributed by atoms with Crippen LogP contribution in [0.15, 0.2) is 24.5 Å². The van der Waals surface area contributed by atoms with Gasteiger partial charge in [-0.15, -0.1) is 0 Å². The summed E-state index contributed by atoms with van der Waals surface area (Å²) >= 11 is 0. The highest BCUT2D eigenvalue weighted by atomic mass is 19.2. The lowest BCUT2D eigenvalue weighted by Crippen LogP contribution is -2.29. The summed E-state index contributed by atoms with van der Waals surface area (Å²) in [5.41, 5.74) is 0.482. The van der Waals surface area contributed by atoms with Crippen molar-refractivity contribution < 1.29 is 18.3 Å². The van der Waals surface area contributed by atoms with Gasteiger partial charge in [-0.2, -0.15) is 4.39 Å². The van der Waals surface area contributed by atoms with Gasteiger partial charge in [0.2, 0.25) is 5.82 Å². The minimum atomic E-state index is -0.886.